The van der Waals surface area contributed by atoms with Gasteiger partial charge in [-0.2, -0.15) is 5.10 Å². The van der Waals surface area contributed by atoms with Gasteiger partial charge in [-0.25, -0.2) is 4.39 Å². The summed E-state index contributed by atoms with van der Waals surface area (Å²) in [7, 11) is 0. The van der Waals surface area contributed by atoms with E-state index in [2.05, 4.69) is 15.5 Å². The zero-order chi connectivity index (χ0) is 12.4. The Bertz CT molecular complexity index is 504. The Morgan fingerprint density at radius 3 is 2.94 bits per heavy atom. The lowest BCUT2D eigenvalue weighted by Crippen LogP contribution is -2.39. The SMILES string of the molecule is Fc1cccc(C2CC(NCc3ccn[nH]3)C2)c1. The van der Waals surface area contributed by atoms with Crippen molar-refractivity contribution < 1.29 is 4.39 Å². The van der Waals surface area contributed by atoms with Gasteiger partial charge in [0.25, 0.3) is 0 Å². The summed E-state index contributed by atoms with van der Waals surface area (Å²) in [6.45, 7) is 0.820. The first kappa shape index (κ1) is 11.4. The number of nitrogens with zero attached hydrogens (tertiary/aromatic N) is 1. The largest absolute Gasteiger partial charge is 0.308 e. The molecule has 1 fully saturated rings. The van der Waals surface area contributed by atoms with Gasteiger partial charge in [0.1, 0.15) is 5.82 Å². The van der Waals surface area contributed by atoms with Crippen LogP contribution in [0.3, 0.4) is 0 Å². The molecule has 18 heavy (non-hydrogen) atoms. The summed E-state index contributed by atoms with van der Waals surface area (Å²) in [6, 6.07) is 9.44. The lowest BCUT2D eigenvalue weighted by molar-refractivity contribution is 0.288. The van der Waals surface area contributed by atoms with Gasteiger partial charge in [-0.1, -0.05) is 12.1 Å². The average molecular weight is 245 g/mol. The third kappa shape index (κ3) is 2.43. The Morgan fingerprint density at radius 2 is 2.22 bits per heavy atom. The summed E-state index contributed by atoms with van der Waals surface area (Å²) >= 11 is 0. The van der Waals surface area contributed by atoms with Crippen LogP contribution in [0.1, 0.15) is 30.0 Å². The second-order valence-corrected chi connectivity index (χ2v) is 4.88. The van der Waals surface area contributed by atoms with Crippen LogP contribution < -0.4 is 5.32 Å². The van der Waals surface area contributed by atoms with E-state index < -0.39 is 0 Å². The molecule has 0 amide bonds. The maximum Gasteiger partial charge on any atom is 0.123 e. The fraction of sp³-hybridized carbons (Fsp3) is 0.357. The first-order valence-electron chi connectivity index (χ1n) is 6.28. The molecule has 0 spiro atoms. The molecule has 0 radical (unpaired) electrons. The summed E-state index contributed by atoms with van der Waals surface area (Å²) in [6.07, 6.45) is 3.92. The van der Waals surface area contributed by atoms with Crippen molar-refractivity contribution in [1.29, 1.82) is 0 Å². The van der Waals surface area contributed by atoms with Crippen LogP contribution in [0.5, 0.6) is 0 Å². The zero-order valence-electron chi connectivity index (χ0n) is 10.1. The number of hydrogen-bond acceptors (Lipinski definition) is 2. The molecule has 0 bridgehead atoms. The highest BCUT2D eigenvalue weighted by Gasteiger charge is 2.29. The summed E-state index contributed by atoms with van der Waals surface area (Å²) in [5.41, 5.74) is 2.22. The lowest BCUT2D eigenvalue weighted by Gasteiger charge is -2.36. The minimum atomic E-state index is -0.138. The molecule has 94 valence electrons. The Labute approximate surface area is 105 Å². The number of aromatic amines is 1. The molecule has 3 rings (SSSR count). The average Bonchev–Trinajstić information content (AvgIpc) is 2.80. The number of nitrogens with one attached hydrogen (secondary N) is 2. The number of H-pyrrole nitrogens is 1. The predicted octanol–water partition coefficient (Wildman–Crippen LogP) is 2.58. The van der Waals surface area contributed by atoms with Crippen molar-refractivity contribution >= 4 is 0 Å². The standard InChI is InChI=1S/C14H16FN3/c15-12-3-1-2-10(6-12)11-7-14(8-11)16-9-13-4-5-17-18-13/h1-6,11,14,16H,7-9H2,(H,17,18). The quantitative estimate of drug-likeness (QED) is 0.869. The topological polar surface area (TPSA) is 40.7 Å². The number of hydrogen-bond donors (Lipinski definition) is 2. The minimum absolute atomic E-state index is 0.138. The van der Waals surface area contributed by atoms with Crippen molar-refractivity contribution in [3.63, 3.8) is 0 Å². The van der Waals surface area contributed by atoms with E-state index in [4.69, 9.17) is 0 Å². The molecular weight excluding hydrogens is 229 g/mol. The van der Waals surface area contributed by atoms with E-state index in [9.17, 15) is 4.39 Å². The predicted molar refractivity (Wildman–Crippen MR) is 67.6 cm³/mol. The molecule has 2 aromatic rings. The first-order chi connectivity index (χ1) is 8.81. The van der Waals surface area contributed by atoms with Crippen LogP contribution in [0.15, 0.2) is 36.5 Å². The molecule has 1 aliphatic rings. The Hall–Kier alpha value is -1.68. The smallest absolute Gasteiger partial charge is 0.123 e. The van der Waals surface area contributed by atoms with E-state index in [1.165, 1.54) is 6.07 Å². The van der Waals surface area contributed by atoms with Crippen molar-refractivity contribution in [2.24, 2.45) is 0 Å². The maximum absolute atomic E-state index is 13.1. The molecule has 1 heterocycles. The molecule has 4 heteroatoms. The van der Waals surface area contributed by atoms with Crippen molar-refractivity contribution in [3.8, 4) is 0 Å². The van der Waals surface area contributed by atoms with Gasteiger partial charge in [-0.3, -0.25) is 5.10 Å². The second kappa shape index (κ2) is 4.90. The normalized spacial score (nSPS) is 22.7. The van der Waals surface area contributed by atoms with Gasteiger partial charge in [0.05, 0.1) is 0 Å². The third-order valence-electron chi connectivity index (χ3n) is 3.60. The first-order valence-corrected chi connectivity index (χ1v) is 6.28. The minimum Gasteiger partial charge on any atom is -0.308 e. The molecule has 1 aliphatic carbocycles. The van der Waals surface area contributed by atoms with Crippen LogP contribution in [-0.4, -0.2) is 16.2 Å². The van der Waals surface area contributed by atoms with Crippen molar-refractivity contribution in [2.45, 2.75) is 31.3 Å². The molecule has 0 atom stereocenters. The van der Waals surface area contributed by atoms with Crippen LogP contribution in [0.25, 0.3) is 0 Å². The van der Waals surface area contributed by atoms with E-state index in [0.717, 1.165) is 30.6 Å². The monoisotopic (exact) mass is 245 g/mol. The molecule has 0 aliphatic heterocycles. The van der Waals surface area contributed by atoms with Crippen LogP contribution in [0.2, 0.25) is 0 Å². The fourth-order valence-electron chi connectivity index (χ4n) is 2.45. The summed E-state index contributed by atoms with van der Waals surface area (Å²) < 4.78 is 13.1. The Balaban J connectivity index is 1.48. The molecule has 2 N–H and O–H groups in total. The highest BCUT2D eigenvalue weighted by Crippen LogP contribution is 2.37. The van der Waals surface area contributed by atoms with Crippen LogP contribution >= 0.6 is 0 Å². The summed E-state index contributed by atoms with van der Waals surface area (Å²) in [5.74, 6) is 0.362. The lowest BCUT2D eigenvalue weighted by atomic mass is 9.76. The Morgan fingerprint density at radius 1 is 1.33 bits per heavy atom. The van der Waals surface area contributed by atoms with E-state index in [0.29, 0.717) is 12.0 Å². The van der Waals surface area contributed by atoms with Gasteiger partial charge >= 0.3 is 0 Å². The van der Waals surface area contributed by atoms with Gasteiger partial charge in [0.15, 0.2) is 0 Å². The fourth-order valence-corrected chi connectivity index (χ4v) is 2.45. The Kier molecular flexibility index (Phi) is 3.11. The van der Waals surface area contributed by atoms with Crippen molar-refractivity contribution in [3.05, 3.63) is 53.6 Å². The number of rotatable bonds is 4. The highest BCUT2D eigenvalue weighted by molar-refractivity contribution is 5.23. The van der Waals surface area contributed by atoms with Gasteiger partial charge in [-0.05, 0) is 42.5 Å². The number of benzene rings is 1. The number of aromatic nitrogens is 2. The summed E-state index contributed by atoms with van der Waals surface area (Å²) in [4.78, 5) is 0. The highest BCUT2D eigenvalue weighted by atomic mass is 19.1. The molecule has 1 aromatic heterocycles. The molecule has 0 unspecified atom stereocenters. The molecule has 1 saturated carbocycles. The van der Waals surface area contributed by atoms with Gasteiger partial charge < -0.3 is 5.32 Å². The number of halogens is 1. The van der Waals surface area contributed by atoms with E-state index in [-0.39, 0.29) is 5.82 Å². The second-order valence-electron chi connectivity index (χ2n) is 4.88. The van der Waals surface area contributed by atoms with Crippen LogP contribution in [-0.2, 0) is 6.54 Å². The zero-order valence-corrected chi connectivity index (χ0v) is 10.1. The third-order valence-corrected chi connectivity index (χ3v) is 3.60. The van der Waals surface area contributed by atoms with Gasteiger partial charge in [0, 0.05) is 24.5 Å². The van der Waals surface area contributed by atoms with Gasteiger partial charge in [0.2, 0.25) is 0 Å². The molecule has 0 saturated heterocycles. The van der Waals surface area contributed by atoms with Gasteiger partial charge in [-0.15, -0.1) is 0 Å². The van der Waals surface area contributed by atoms with Crippen LogP contribution in [0, 0.1) is 5.82 Å². The van der Waals surface area contributed by atoms with E-state index >= 15 is 0 Å². The van der Waals surface area contributed by atoms with Crippen molar-refractivity contribution in [2.75, 3.05) is 0 Å². The van der Waals surface area contributed by atoms with E-state index in [1.54, 1.807) is 18.3 Å². The van der Waals surface area contributed by atoms with Crippen LogP contribution in [0.4, 0.5) is 4.39 Å². The molecule has 3 nitrogen and oxygen atoms in total. The molecule has 1 aromatic carbocycles. The van der Waals surface area contributed by atoms with E-state index in [1.807, 2.05) is 12.1 Å². The maximum atomic E-state index is 13.1. The molecular formula is C14H16FN3. The summed E-state index contributed by atoms with van der Waals surface area (Å²) in [5, 5.41) is 10.3. The van der Waals surface area contributed by atoms with Crippen molar-refractivity contribution in [1.82, 2.24) is 15.5 Å².